The van der Waals surface area contributed by atoms with Gasteiger partial charge in [0.05, 0.1) is 12.4 Å². The molecule has 1 saturated heterocycles. The van der Waals surface area contributed by atoms with Crippen molar-refractivity contribution in [3.8, 4) is 5.75 Å². The number of hydrogen-bond acceptors (Lipinski definition) is 4. The lowest BCUT2D eigenvalue weighted by Gasteiger charge is -2.10. The van der Waals surface area contributed by atoms with Crippen molar-refractivity contribution < 1.29 is 4.74 Å². The van der Waals surface area contributed by atoms with E-state index in [1.165, 1.54) is 0 Å². The number of aromatic nitrogens is 2. The Kier molecular flexibility index (Phi) is 2.61. The molecule has 2 heterocycles. The van der Waals surface area contributed by atoms with Gasteiger partial charge in [-0.15, -0.1) is 0 Å². The molecule has 0 aromatic carbocycles. The molecule has 1 aliphatic rings. The van der Waals surface area contributed by atoms with E-state index in [0.717, 1.165) is 19.5 Å². The van der Waals surface area contributed by atoms with E-state index in [4.69, 9.17) is 16.3 Å². The van der Waals surface area contributed by atoms with Gasteiger partial charge in [-0.2, -0.15) is 0 Å². The maximum absolute atomic E-state index is 5.58. The molecule has 0 bridgehead atoms. The highest BCUT2D eigenvalue weighted by molar-refractivity contribution is 6.28. The van der Waals surface area contributed by atoms with Crippen LogP contribution < -0.4 is 10.1 Å². The zero-order valence-corrected chi connectivity index (χ0v) is 7.79. The van der Waals surface area contributed by atoms with Crippen molar-refractivity contribution in [2.75, 3.05) is 13.1 Å². The fourth-order valence-electron chi connectivity index (χ4n) is 1.28. The molecular weight excluding hydrogens is 190 g/mol. The van der Waals surface area contributed by atoms with Gasteiger partial charge in [-0.1, -0.05) is 0 Å². The van der Waals surface area contributed by atoms with Gasteiger partial charge in [-0.3, -0.25) is 0 Å². The minimum Gasteiger partial charge on any atom is -0.486 e. The molecular formula is C8H10ClN3O. The molecule has 1 aliphatic heterocycles. The Morgan fingerprint density at radius 1 is 1.46 bits per heavy atom. The van der Waals surface area contributed by atoms with Gasteiger partial charge >= 0.3 is 0 Å². The van der Waals surface area contributed by atoms with Crippen molar-refractivity contribution in [2.24, 2.45) is 0 Å². The maximum Gasteiger partial charge on any atom is 0.222 e. The van der Waals surface area contributed by atoms with E-state index in [1.807, 2.05) is 0 Å². The molecule has 0 radical (unpaired) electrons. The SMILES string of the molecule is Clc1ncc(O[C@@H]2CCNC2)cn1. The first-order valence-electron chi connectivity index (χ1n) is 4.19. The van der Waals surface area contributed by atoms with Crippen molar-refractivity contribution in [1.82, 2.24) is 15.3 Å². The van der Waals surface area contributed by atoms with E-state index in [9.17, 15) is 0 Å². The Bertz CT molecular complexity index is 271. The van der Waals surface area contributed by atoms with E-state index >= 15 is 0 Å². The van der Waals surface area contributed by atoms with Crippen molar-refractivity contribution >= 4 is 11.6 Å². The van der Waals surface area contributed by atoms with Crippen LogP contribution >= 0.6 is 11.6 Å². The number of nitrogens with zero attached hydrogens (tertiary/aromatic N) is 2. The quantitative estimate of drug-likeness (QED) is 0.719. The first kappa shape index (κ1) is 8.72. The molecule has 13 heavy (non-hydrogen) atoms. The first-order chi connectivity index (χ1) is 6.34. The van der Waals surface area contributed by atoms with Crippen molar-refractivity contribution in [3.05, 3.63) is 17.7 Å². The lowest BCUT2D eigenvalue weighted by atomic mass is 10.3. The summed E-state index contributed by atoms with van der Waals surface area (Å²) in [5.41, 5.74) is 0. The molecule has 1 N–H and O–H groups in total. The fraction of sp³-hybridized carbons (Fsp3) is 0.500. The van der Waals surface area contributed by atoms with Crippen molar-refractivity contribution in [2.45, 2.75) is 12.5 Å². The largest absolute Gasteiger partial charge is 0.486 e. The second kappa shape index (κ2) is 3.89. The lowest BCUT2D eigenvalue weighted by Crippen LogP contribution is -2.19. The van der Waals surface area contributed by atoms with Crippen LogP contribution in [0.4, 0.5) is 0 Å². The Balaban J connectivity index is 1.97. The second-order valence-electron chi connectivity index (χ2n) is 2.92. The lowest BCUT2D eigenvalue weighted by molar-refractivity contribution is 0.221. The number of halogens is 1. The monoisotopic (exact) mass is 199 g/mol. The average molecular weight is 200 g/mol. The number of nitrogens with one attached hydrogen (secondary N) is 1. The number of hydrogen-bond donors (Lipinski definition) is 1. The molecule has 5 heteroatoms. The Morgan fingerprint density at radius 3 is 2.85 bits per heavy atom. The third kappa shape index (κ3) is 2.29. The van der Waals surface area contributed by atoms with E-state index in [2.05, 4.69) is 15.3 Å². The molecule has 0 spiro atoms. The van der Waals surface area contributed by atoms with Gasteiger partial charge in [0.25, 0.3) is 0 Å². The molecule has 4 nitrogen and oxygen atoms in total. The molecule has 70 valence electrons. The zero-order chi connectivity index (χ0) is 9.10. The smallest absolute Gasteiger partial charge is 0.222 e. The van der Waals surface area contributed by atoms with Crippen LogP contribution in [0.3, 0.4) is 0 Å². The predicted molar refractivity (Wildman–Crippen MR) is 48.9 cm³/mol. The standard InChI is InChI=1S/C8H10ClN3O/c9-8-11-4-7(5-12-8)13-6-1-2-10-3-6/h4-6,10H,1-3H2/t6-/m1/s1. The molecule has 0 saturated carbocycles. The Labute approximate surface area is 81.3 Å². The topological polar surface area (TPSA) is 47.0 Å². The third-order valence-corrected chi connectivity index (χ3v) is 2.11. The maximum atomic E-state index is 5.58. The summed E-state index contributed by atoms with van der Waals surface area (Å²) in [6.07, 6.45) is 4.45. The van der Waals surface area contributed by atoms with Gasteiger partial charge in [0.15, 0.2) is 5.75 Å². The zero-order valence-electron chi connectivity index (χ0n) is 7.03. The molecule has 1 fully saturated rings. The summed E-state index contributed by atoms with van der Waals surface area (Å²) in [5, 5.41) is 3.46. The minimum absolute atomic E-state index is 0.241. The summed E-state index contributed by atoms with van der Waals surface area (Å²) < 4.78 is 5.58. The van der Waals surface area contributed by atoms with Crippen LogP contribution in [-0.2, 0) is 0 Å². The van der Waals surface area contributed by atoms with Gasteiger partial charge < -0.3 is 10.1 Å². The molecule has 2 rings (SSSR count). The molecule has 1 atom stereocenters. The second-order valence-corrected chi connectivity index (χ2v) is 3.26. The van der Waals surface area contributed by atoms with Crippen LogP contribution in [0, 0.1) is 0 Å². The van der Waals surface area contributed by atoms with E-state index in [1.54, 1.807) is 12.4 Å². The summed E-state index contributed by atoms with van der Waals surface area (Å²) in [6.45, 7) is 1.90. The highest BCUT2D eigenvalue weighted by Crippen LogP contribution is 2.13. The van der Waals surface area contributed by atoms with E-state index in [-0.39, 0.29) is 11.4 Å². The summed E-state index contributed by atoms with van der Waals surface area (Å²) in [4.78, 5) is 7.66. The molecule has 1 aromatic rings. The summed E-state index contributed by atoms with van der Waals surface area (Å²) in [6, 6.07) is 0. The average Bonchev–Trinajstić information content (AvgIpc) is 2.62. The van der Waals surface area contributed by atoms with Crippen LogP contribution in [0.5, 0.6) is 5.75 Å². The normalized spacial score (nSPS) is 21.8. The van der Waals surface area contributed by atoms with Gasteiger partial charge in [0, 0.05) is 6.54 Å². The van der Waals surface area contributed by atoms with Crippen molar-refractivity contribution in [3.63, 3.8) is 0 Å². The van der Waals surface area contributed by atoms with Gasteiger partial charge in [0.2, 0.25) is 5.28 Å². The predicted octanol–water partition coefficient (Wildman–Crippen LogP) is 0.871. The molecule has 1 aromatic heterocycles. The summed E-state index contributed by atoms with van der Waals surface area (Å²) in [7, 11) is 0. The van der Waals surface area contributed by atoms with Crippen LogP contribution in [0.15, 0.2) is 12.4 Å². The number of rotatable bonds is 2. The highest BCUT2D eigenvalue weighted by Gasteiger charge is 2.15. The summed E-state index contributed by atoms with van der Waals surface area (Å²) >= 11 is 5.54. The van der Waals surface area contributed by atoms with E-state index < -0.39 is 0 Å². The molecule has 0 amide bonds. The summed E-state index contributed by atoms with van der Waals surface area (Å²) in [5.74, 6) is 0.679. The molecule has 0 aliphatic carbocycles. The van der Waals surface area contributed by atoms with E-state index in [0.29, 0.717) is 5.75 Å². The van der Waals surface area contributed by atoms with Crippen molar-refractivity contribution in [1.29, 1.82) is 0 Å². The van der Waals surface area contributed by atoms with Crippen LogP contribution in [-0.4, -0.2) is 29.2 Å². The number of ether oxygens (including phenoxy) is 1. The molecule has 0 unspecified atom stereocenters. The Hall–Kier alpha value is -0.870. The minimum atomic E-state index is 0.241. The van der Waals surface area contributed by atoms with Crippen LogP contribution in [0.1, 0.15) is 6.42 Å². The Morgan fingerprint density at radius 2 is 2.23 bits per heavy atom. The van der Waals surface area contributed by atoms with Gasteiger partial charge in [-0.25, -0.2) is 9.97 Å². The first-order valence-corrected chi connectivity index (χ1v) is 4.57. The highest BCUT2D eigenvalue weighted by atomic mass is 35.5. The van der Waals surface area contributed by atoms with Gasteiger partial charge in [-0.05, 0) is 24.6 Å². The van der Waals surface area contributed by atoms with Crippen LogP contribution in [0.2, 0.25) is 5.28 Å². The van der Waals surface area contributed by atoms with Gasteiger partial charge in [0.1, 0.15) is 6.10 Å². The van der Waals surface area contributed by atoms with Crippen LogP contribution in [0.25, 0.3) is 0 Å². The third-order valence-electron chi connectivity index (χ3n) is 1.91. The fourth-order valence-corrected chi connectivity index (χ4v) is 1.38.